The van der Waals surface area contributed by atoms with E-state index in [1.807, 2.05) is 24.3 Å². The summed E-state index contributed by atoms with van der Waals surface area (Å²) >= 11 is 0. The van der Waals surface area contributed by atoms with E-state index in [1.165, 1.54) is 24.3 Å². The third kappa shape index (κ3) is 3.62. The van der Waals surface area contributed by atoms with E-state index in [2.05, 4.69) is 19.9 Å². The predicted molar refractivity (Wildman–Crippen MR) is 58.7 cm³/mol. The minimum Gasteiger partial charge on any atom is -0.192 e. The normalized spacial score (nSPS) is 10.1. The molecule has 0 aliphatic carbocycles. The summed E-state index contributed by atoms with van der Waals surface area (Å²) in [6.45, 7) is 4.33. The zero-order chi connectivity index (χ0) is 10.4. The average molecular weight is 186 g/mol. The number of nitrogens with zero attached hydrogens (tertiary/aromatic N) is 1. The Morgan fingerprint density at radius 2 is 1.86 bits per heavy atom. The van der Waals surface area contributed by atoms with Crippen LogP contribution in [0.3, 0.4) is 0 Å². The van der Waals surface area contributed by atoms with E-state index in [1.54, 1.807) is 0 Å². The molecule has 1 nitrogen and oxygen atoms in total. The van der Waals surface area contributed by atoms with Gasteiger partial charge < -0.3 is 0 Å². The fourth-order valence-corrected chi connectivity index (χ4v) is 1.39. The van der Waals surface area contributed by atoms with Gasteiger partial charge >= 0.3 is 0 Å². The van der Waals surface area contributed by atoms with Gasteiger partial charge in [0.1, 0.15) is 0 Å². The van der Waals surface area contributed by atoms with Crippen molar-refractivity contribution < 1.29 is 0 Å². The molecule has 0 aliphatic heterocycles. The number of aryl methyl sites for hydroxylation is 1. The van der Waals surface area contributed by atoms with Crippen LogP contribution in [-0.4, -0.2) is 0 Å². The SMILES string of the molecule is C[C](C)CCCc1ccc(C#N)cc1. The molecule has 0 spiro atoms. The standard InChI is InChI=1S/C13H16N/c1-11(2)4-3-5-12-6-8-13(10-14)9-7-12/h6-9H,3-5H2,1-2H3. The maximum Gasteiger partial charge on any atom is 0.0991 e. The Morgan fingerprint density at radius 1 is 1.21 bits per heavy atom. The largest absolute Gasteiger partial charge is 0.192 e. The highest BCUT2D eigenvalue weighted by Crippen LogP contribution is 2.11. The van der Waals surface area contributed by atoms with Crippen molar-refractivity contribution in [3.63, 3.8) is 0 Å². The van der Waals surface area contributed by atoms with E-state index in [9.17, 15) is 0 Å². The maximum atomic E-state index is 8.62. The molecule has 0 amide bonds. The van der Waals surface area contributed by atoms with Crippen molar-refractivity contribution in [2.24, 2.45) is 0 Å². The van der Waals surface area contributed by atoms with Crippen LogP contribution >= 0.6 is 0 Å². The zero-order valence-corrected chi connectivity index (χ0v) is 8.88. The van der Waals surface area contributed by atoms with Gasteiger partial charge in [-0.1, -0.05) is 26.0 Å². The summed E-state index contributed by atoms with van der Waals surface area (Å²) in [4.78, 5) is 0. The molecule has 0 bridgehead atoms. The van der Waals surface area contributed by atoms with Crippen molar-refractivity contribution >= 4 is 0 Å². The van der Waals surface area contributed by atoms with Crippen molar-refractivity contribution in [3.8, 4) is 6.07 Å². The van der Waals surface area contributed by atoms with Gasteiger partial charge in [0.15, 0.2) is 0 Å². The quantitative estimate of drug-likeness (QED) is 0.706. The third-order valence-corrected chi connectivity index (χ3v) is 2.23. The van der Waals surface area contributed by atoms with Gasteiger partial charge in [0.2, 0.25) is 0 Å². The van der Waals surface area contributed by atoms with Crippen molar-refractivity contribution in [1.29, 1.82) is 5.26 Å². The molecule has 1 rings (SSSR count). The second kappa shape index (κ2) is 5.44. The second-order valence-electron chi connectivity index (χ2n) is 3.87. The Morgan fingerprint density at radius 3 is 2.36 bits per heavy atom. The lowest BCUT2D eigenvalue weighted by atomic mass is 10.0. The molecule has 73 valence electrons. The van der Waals surface area contributed by atoms with E-state index in [4.69, 9.17) is 5.26 Å². The zero-order valence-electron chi connectivity index (χ0n) is 8.88. The van der Waals surface area contributed by atoms with Crippen LogP contribution in [0.1, 0.15) is 37.8 Å². The number of nitriles is 1. The van der Waals surface area contributed by atoms with Crippen LogP contribution in [0, 0.1) is 17.2 Å². The maximum absolute atomic E-state index is 8.62. The van der Waals surface area contributed by atoms with Gasteiger partial charge in [0.25, 0.3) is 0 Å². The van der Waals surface area contributed by atoms with Crippen molar-refractivity contribution in [3.05, 3.63) is 41.3 Å². The summed E-state index contributed by atoms with van der Waals surface area (Å²) in [7, 11) is 0. The first kappa shape index (κ1) is 10.8. The van der Waals surface area contributed by atoms with Crippen LogP contribution in [-0.2, 0) is 6.42 Å². The van der Waals surface area contributed by atoms with Crippen LogP contribution in [0.15, 0.2) is 24.3 Å². The number of rotatable bonds is 4. The summed E-state index contributed by atoms with van der Waals surface area (Å²) in [6.07, 6.45) is 3.51. The number of hydrogen-bond donors (Lipinski definition) is 0. The van der Waals surface area contributed by atoms with Gasteiger partial charge in [0, 0.05) is 0 Å². The first-order chi connectivity index (χ1) is 6.72. The lowest BCUT2D eigenvalue weighted by molar-refractivity contribution is 0.747. The molecule has 1 radical (unpaired) electrons. The molecule has 14 heavy (non-hydrogen) atoms. The molecule has 1 aromatic carbocycles. The summed E-state index contributed by atoms with van der Waals surface area (Å²) in [5.41, 5.74) is 2.07. The van der Waals surface area contributed by atoms with Crippen LogP contribution in [0.25, 0.3) is 0 Å². The van der Waals surface area contributed by atoms with Crippen LogP contribution in [0.5, 0.6) is 0 Å². The van der Waals surface area contributed by atoms with E-state index in [0.717, 1.165) is 12.0 Å². The highest BCUT2D eigenvalue weighted by molar-refractivity contribution is 5.31. The molecule has 0 saturated carbocycles. The van der Waals surface area contributed by atoms with Crippen LogP contribution < -0.4 is 0 Å². The first-order valence-corrected chi connectivity index (χ1v) is 5.00. The van der Waals surface area contributed by atoms with Gasteiger partial charge in [0.05, 0.1) is 11.6 Å². The van der Waals surface area contributed by atoms with Gasteiger partial charge in [-0.3, -0.25) is 0 Å². The monoisotopic (exact) mass is 186 g/mol. The molecule has 0 aliphatic rings. The molecule has 0 aromatic heterocycles. The van der Waals surface area contributed by atoms with Crippen molar-refractivity contribution in [2.45, 2.75) is 33.1 Å². The fraction of sp³-hybridized carbons (Fsp3) is 0.385. The highest BCUT2D eigenvalue weighted by Gasteiger charge is 1.97. The molecule has 0 saturated heterocycles. The van der Waals surface area contributed by atoms with Crippen molar-refractivity contribution in [2.75, 3.05) is 0 Å². The van der Waals surface area contributed by atoms with E-state index >= 15 is 0 Å². The Labute approximate surface area is 86.4 Å². The molecule has 0 N–H and O–H groups in total. The fourth-order valence-electron chi connectivity index (χ4n) is 1.39. The molecular weight excluding hydrogens is 170 g/mol. The predicted octanol–water partition coefficient (Wildman–Crippen LogP) is 3.50. The molecule has 0 unspecified atom stereocenters. The van der Waals surface area contributed by atoms with Gasteiger partial charge in [-0.15, -0.1) is 0 Å². The minimum atomic E-state index is 0.743. The number of hydrogen-bond acceptors (Lipinski definition) is 1. The smallest absolute Gasteiger partial charge is 0.0991 e. The molecule has 0 heterocycles. The molecule has 1 heteroatoms. The third-order valence-electron chi connectivity index (χ3n) is 2.23. The average Bonchev–Trinajstić information content (AvgIpc) is 2.18. The van der Waals surface area contributed by atoms with Crippen molar-refractivity contribution in [1.82, 2.24) is 0 Å². The van der Waals surface area contributed by atoms with Gasteiger partial charge in [-0.2, -0.15) is 5.26 Å². The Balaban J connectivity index is 2.41. The first-order valence-electron chi connectivity index (χ1n) is 5.00. The van der Waals surface area contributed by atoms with E-state index in [-0.39, 0.29) is 0 Å². The second-order valence-corrected chi connectivity index (χ2v) is 3.87. The van der Waals surface area contributed by atoms with E-state index < -0.39 is 0 Å². The summed E-state index contributed by atoms with van der Waals surface area (Å²) in [5, 5.41) is 8.62. The molecule has 1 aromatic rings. The van der Waals surface area contributed by atoms with Crippen LogP contribution in [0.2, 0.25) is 0 Å². The van der Waals surface area contributed by atoms with E-state index in [0.29, 0.717) is 0 Å². The van der Waals surface area contributed by atoms with Crippen LogP contribution in [0.4, 0.5) is 0 Å². The molecular formula is C13H16N. The topological polar surface area (TPSA) is 23.8 Å². The Hall–Kier alpha value is -1.29. The minimum absolute atomic E-state index is 0.743. The number of benzene rings is 1. The summed E-state index contributed by atoms with van der Waals surface area (Å²) in [5.74, 6) is 1.48. The Bertz CT molecular complexity index is 303. The highest BCUT2D eigenvalue weighted by atomic mass is 14.2. The molecule has 0 atom stereocenters. The lowest BCUT2D eigenvalue weighted by Crippen LogP contribution is -1.89. The van der Waals surface area contributed by atoms with Gasteiger partial charge in [-0.25, -0.2) is 0 Å². The van der Waals surface area contributed by atoms with Gasteiger partial charge in [-0.05, 0) is 42.9 Å². The Kier molecular flexibility index (Phi) is 4.19. The molecule has 0 fully saturated rings. The summed E-state index contributed by atoms with van der Waals surface area (Å²) in [6, 6.07) is 9.99. The summed E-state index contributed by atoms with van der Waals surface area (Å²) < 4.78 is 0. The lowest BCUT2D eigenvalue weighted by Gasteiger charge is -2.03.